The van der Waals surface area contributed by atoms with Crippen LogP contribution >= 0.6 is 27.3 Å². The van der Waals surface area contributed by atoms with E-state index in [1.165, 1.54) is 4.88 Å². The Morgan fingerprint density at radius 3 is 2.50 bits per heavy atom. The third-order valence-corrected chi connectivity index (χ3v) is 4.40. The predicted octanol–water partition coefficient (Wildman–Crippen LogP) is 4.44. The Morgan fingerprint density at radius 2 is 2.00 bits per heavy atom. The van der Waals surface area contributed by atoms with E-state index in [9.17, 15) is 0 Å². The summed E-state index contributed by atoms with van der Waals surface area (Å²) in [6.45, 7) is 6.36. The lowest BCUT2D eigenvalue weighted by atomic mass is 10.1. The highest BCUT2D eigenvalue weighted by molar-refractivity contribution is 9.10. The van der Waals surface area contributed by atoms with Crippen molar-refractivity contribution in [3.8, 4) is 10.7 Å². The quantitative estimate of drug-likeness (QED) is 0.906. The lowest BCUT2D eigenvalue weighted by Gasteiger charge is -2.12. The Labute approximate surface area is 120 Å². The number of nitrogens with one attached hydrogen (secondary N) is 1. The van der Waals surface area contributed by atoms with Gasteiger partial charge in [0.05, 0.1) is 15.0 Å². The van der Waals surface area contributed by atoms with Gasteiger partial charge in [0, 0.05) is 11.9 Å². The summed E-state index contributed by atoms with van der Waals surface area (Å²) in [4.78, 5) is 11.6. The molecule has 3 nitrogen and oxygen atoms in total. The van der Waals surface area contributed by atoms with Gasteiger partial charge < -0.3 is 5.32 Å². The van der Waals surface area contributed by atoms with Crippen molar-refractivity contribution in [2.24, 2.45) is 0 Å². The number of hydrogen-bond donors (Lipinski definition) is 1. The number of nitrogens with zero attached hydrogens (tertiary/aromatic N) is 2. The van der Waals surface area contributed by atoms with Gasteiger partial charge in [0.25, 0.3) is 0 Å². The van der Waals surface area contributed by atoms with Crippen molar-refractivity contribution in [3.05, 3.63) is 27.2 Å². The van der Waals surface area contributed by atoms with Crippen molar-refractivity contribution in [1.82, 2.24) is 9.97 Å². The second kappa shape index (κ2) is 5.36. The van der Waals surface area contributed by atoms with Crippen molar-refractivity contribution in [3.63, 3.8) is 0 Å². The highest BCUT2D eigenvalue weighted by Crippen LogP contribution is 2.33. The lowest BCUT2D eigenvalue weighted by molar-refractivity contribution is 0.811. The second-order valence-corrected chi connectivity index (χ2v) is 6.49. The van der Waals surface area contributed by atoms with E-state index in [-0.39, 0.29) is 0 Å². The van der Waals surface area contributed by atoms with Gasteiger partial charge in [-0.1, -0.05) is 13.8 Å². The summed E-state index contributed by atoms with van der Waals surface area (Å²) in [5.74, 6) is 1.99. The van der Waals surface area contributed by atoms with E-state index in [1.54, 1.807) is 11.3 Å². The van der Waals surface area contributed by atoms with E-state index in [2.05, 4.69) is 64.1 Å². The molecule has 0 fully saturated rings. The number of hydrogen-bond acceptors (Lipinski definition) is 4. The van der Waals surface area contributed by atoms with Crippen LogP contribution in [-0.4, -0.2) is 17.0 Å². The first kappa shape index (κ1) is 13.5. The largest absolute Gasteiger partial charge is 0.372 e. The Balaban J connectivity index is 2.58. The molecule has 0 aromatic carbocycles. The van der Waals surface area contributed by atoms with Gasteiger partial charge in [-0.25, -0.2) is 9.97 Å². The van der Waals surface area contributed by atoms with Crippen molar-refractivity contribution >= 4 is 33.1 Å². The van der Waals surface area contributed by atoms with Crippen LogP contribution in [0.15, 0.2) is 16.6 Å². The average molecular weight is 326 g/mol. The van der Waals surface area contributed by atoms with Crippen molar-refractivity contribution in [2.45, 2.75) is 26.7 Å². The van der Waals surface area contributed by atoms with Crippen LogP contribution in [0.2, 0.25) is 0 Å². The molecule has 0 radical (unpaired) electrons. The molecule has 5 heteroatoms. The Bertz CT molecular complexity index is 563. The first-order chi connectivity index (χ1) is 8.52. The first-order valence-corrected chi connectivity index (χ1v) is 7.46. The molecule has 0 saturated heterocycles. The summed E-state index contributed by atoms with van der Waals surface area (Å²) in [6, 6.07) is 4.17. The molecule has 0 aliphatic heterocycles. The van der Waals surface area contributed by atoms with E-state index < -0.39 is 0 Å². The minimum atomic E-state index is 0.356. The number of aromatic nitrogens is 2. The summed E-state index contributed by atoms with van der Waals surface area (Å²) in [6.07, 6.45) is 0. The number of anilines is 1. The van der Waals surface area contributed by atoms with Gasteiger partial charge in [-0.15, -0.1) is 11.3 Å². The number of halogens is 1. The molecule has 0 spiro atoms. The van der Waals surface area contributed by atoms with Crippen LogP contribution in [0.25, 0.3) is 10.7 Å². The fourth-order valence-corrected chi connectivity index (χ4v) is 3.31. The molecule has 0 bridgehead atoms. The van der Waals surface area contributed by atoms with Crippen molar-refractivity contribution in [2.75, 3.05) is 12.4 Å². The number of aryl methyl sites for hydroxylation is 1. The Kier molecular flexibility index (Phi) is 4.02. The molecule has 2 aromatic rings. The summed E-state index contributed by atoms with van der Waals surface area (Å²) in [5, 5.41) is 3.11. The normalized spacial score (nSPS) is 11.0. The van der Waals surface area contributed by atoms with Crippen LogP contribution in [0.1, 0.15) is 30.3 Å². The van der Waals surface area contributed by atoms with Crippen LogP contribution in [-0.2, 0) is 0 Å². The van der Waals surface area contributed by atoms with E-state index in [1.807, 2.05) is 7.05 Å². The molecular weight excluding hydrogens is 310 g/mol. The smallest absolute Gasteiger partial charge is 0.171 e. The minimum Gasteiger partial charge on any atom is -0.372 e. The molecule has 0 amide bonds. The van der Waals surface area contributed by atoms with Crippen molar-refractivity contribution < 1.29 is 0 Å². The molecule has 2 heterocycles. The van der Waals surface area contributed by atoms with Crippen LogP contribution in [0.3, 0.4) is 0 Å². The predicted molar refractivity (Wildman–Crippen MR) is 81.4 cm³/mol. The maximum absolute atomic E-state index is 4.68. The van der Waals surface area contributed by atoms with E-state index in [4.69, 9.17) is 0 Å². The molecule has 0 unspecified atom stereocenters. The molecule has 96 valence electrons. The molecule has 0 aliphatic rings. The molecule has 18 heavy (non-hydrogen) atoms. The van der Waals surface area contributed by atoms with Crippen LogP contribution in [0.5, 0.6) is 0 Å². The second-order valence-electron chi connectivity index (χ2n) is 4.41. The van der Waals surface area contributed by atoms with E-state index >= 15 is 0 Å². The molecule has 0 atom stereocenters. The van der Waals surface area contributed by atoms with Gasteiger partial charge in [0.2, 0.25) is 0 Å². The highest BCUT2D eigenvalue weighted by atomic mass is 79.9. The lowest BCUT2D eigenvalue weighted by Crippen LogP contribution is -2.04. The van der Waals surface area contributed by atoms with Gasteiger partial charge in [0.15, 0.2) is 5.82 Å². The number of thiophene rings is 1. The van der Waals surface area contributed by atoms with Gasteiger partial charge in [-0.2, -0.15) is 0 Å². The third kappa shape index (κ3) is 2.57. The molecule has 2 rings (SSSR count). The Morgan fingerprint density at radius 1 is 1.28 bits per heavy atom. The van der Waals surface area contributed by atoms with E-state index in [0.29, 0.717) is 5.92 Å². The minimum absolute atomic E-state index is 0.356. The van der Waals surface area contributed by atoms with Crippen molar-refractivity contribution in [1.29, 1.82) is 0 Å². The summed E-state index contributed by atoms with van der Waals surface area (Å²) < 4.78 is 0.956. The zero-order chi connectivity index (χ0) is 13.3. The monoisotopic (exact) mass is 325 g/mol. The molecular formula is C13H16BrN3S. The summed E-state index contributed by atoms with van der Waals surface area (Å²) in [7, 11) is 1.88. The number of rotatable bonds is 3. The molecule has 0 saturated carbocycles. The molecule has 2 aromatic heterocycles. The Hall–Kier alpha value is -0.940. The highest BCUT2D eigenvalue weighted by Gasteiger charge is 2.15. The fraction of sp³-hybridized carbons (Fsp3) is 0.385. The van der Waals surface area contributed by atoms with Gasteiger partial charge in [-0.05, 0) is 40.9 Å². The fourth-order valence-electron chi connectivity index (χ4n) is 1.68. The maximum Gasteiger partial charge on any atom is 0.171 e. The first-order valence-electron chi connectivity index (χ1n) is 5.85. The SMILES string of the molecule is CNc1nc(-c2ccc(C)s2)nc(C(C)C)c1Br. The summed E-state index contributed by atoms with van der Waals surface area (Å²) in [5.41, 5.74) is 1.04. The molecule has 1 N–H and O–H groups in total. The zero-order valence-electron chi connectivity index (χ0n) is 10.9. The van der Waals surface area contributed by atoms with Crippen LogP contribution < -0.4 is 5.32 Å². The van der Waals surface area contributed by atoms with E-state index in [0.717, 1.165) is 26.7 Å². The van der Waals surface area contributed by atoms with Crippen LogP contribution in [0, 0.1) is 6.92 Å². The topological polar surface area (TPSA) is 37.8 Å². The summed E-state index contributed by atoms with van der Waals surface area (Å²) >= 11 is 5.29. The zero-order valence-corrected chi connectivity index (χ0v) is 13.3. The maximum atomic E-state index is 4.68. The molecule has 0 aliphatic carbocycles. The van der Waals surface area contributed by atoms with Gasteiger partial charge >= 0.3 is 0 Å². The van der Waals surface area contributed by atoms with Crippen LogP contribution in [0.4, 0.5) is 5.82 Å². The third-order valence-electron chi connectivity index (χ3n) is 2.62. The average Bonchev–Trinajstić information content (AvgIpc) is 2.76. The standard InChI is InChI=1S/C13H16BrN3S/c1-7(2)11-10(14)13(15-4)17-12(16-11)9-6-5-8(3)18-9/h5-7H,1-4H3,(H,15,16,17). The van der Waals surface area contributed by atoms with Gasteiger partial charge in [0.1, 0.15) is 5.82 Å². The van der Waals surface area contributed by atoms with Gasteiger partial charge in [-0.3, -0.25) is 0 Å².